The summed E-state index contributed by atoms with van der Waals surface area (Å²) in [7, 11) is 0. The van der Waals surface area contributed by atoms with Crippen molar-refractivity contribution >= 4 is 54.1 Å². The summed E-state index contributed by atoms with van der Waals surface area (Å²) in [4.78, 5) is 31.9. The summed E-state index contributed by atoms with van der Waals surface area (Å²) in [6, 6.07) is 16.7. The van der Waals surface area contributed by atoms with E-state index in [0.717, 1.165) is 50.7 Å². The summed E-state index contributed by atoms with van der Waals surface area (Å²) in [5.74, 6) is -4.86. The van der Waals surface area contributed by atoms with Crippen molar-refractivity contribution in [2.45, 2.75) is 89.1 Å². The third-order valence-corrected chi connectivity index (χ3v) is 20.9. The van der Waals surface area contributed by atoms with Gasteiger partial charge in [0, 0.05) is 0 Å². The van der Waals surface area contributed by atoms with Gasteiger partial charge in [-0.25, -0.2) is 0 Å². The SMILES string of the molecule is O=C(c1ccc(Cl)cc1)N(c1ccc(F)[c]([Ti]([C]2=CC=CC2)([C]2=CC=CC2)[c]2c(F)ccc(N(C(=O)c3ccc(Cl)cc3)C3CCCCC3)c2F)c1F)C1CCCCC1. The van der Waals surface area contributed by atoms with E-state index in [4.69, 9.17) is 23.2 Å². The molecule has 0 unspecified atom stereocenters. The van der Waals surface area contributed by atoms with Crippen LogP contribution in [0.2, 0.25) is 10.0 Å². The summed E-state index contributed by atoms with van der Waals surface area (Å²) >= 11 is 6.96. The molecule has 4 aliphatic carbocycles. The Morgan fingerprint density at radius 3 is 1.24 bits per heavy atom. The number of amides is 2. The minimum atomic E-state index is -5.41. The number of allylic oxidation sites excluding steroid dienone is 8. The van der Waals surface area contributed by atoms with Crippen molar-refractivity contribution in [3.05, 3.63) is 161 Å². The number of halogens is 6. The van der Waals surface area contributed by atoms with Gasteiger partial charge in [-0.1, -0.05) is 0 Å². The van der Waals surface area contributed by atoms with Crippen LogP contribution in [0.5, 0.6) is 0 Å². The van der Waals surface area contributed by atoms with Crippen LogP contribution in [-0.2, 0) is 16.6 Å². The molecule has 4 nitrogen and oxygen atoms in total. The maximum absolute atomic E-state index is 18.3. The van der Waals surface area contributed by atoms with Crippen LogP contribution in [0.25, 0.3) is 0 Å². The standard InChI is InChI=1S/2C19H17ClF2NO.2C5H5.Ti/c2*20-14-8-6-13(7-9-14)19(24)23(16-4-2-1-3-5-16)18-11-10-15(21)12-17(18)22;2*1-2-4-5-3-1;/h2*6-11,16H,1-5H2;2*1-3H,4H2;. The van der Waals surface area contributed by atoms with E-state index in [0.29, 0.717) is 43.5 Å². The van der Waals surface area contributed by atoms with Crippen molar-refractivity contribution in [3.8, 4) is 0 Å². The van der Waals surface area contributed by atoms with Gasteiger partial charge in [0.25, 0.3) is 0 Å². The maximum atomic E-state index is 18.3. The first-order valence-corrected chi connectivity index (χ1v) is 24.4. The number of nitrogens with zero attached hydrogens (tertiary/aromatic N) is 2. The first kappa shape index (κ1) is 41.5. The van der Waals surface area contributed by atoms with E-state index in [9.17, 15) is 9.59 Å². The number of hydrogen-bond donors (Lipinski definition) is 0. The zero-order chi connectivity index (χ0) is 41.3. The Morgan fingerprint density at radius 2 is 0.898 bits per heavy atom. The van der Waals surface area contributed by atoms with E-state index < -0.39 is 71.5 Å². The summed E-state index contributed by atoms with van der Waals surface area (Å²) in [5, 5.41) is 0.859. The Morgan fingerprint density at radius 1 is 0.525 bits per heavy atom. The second-order valence-corrected chi connectivity index (χ2v) is 22.6. The van der Waals surface area contributed by atoms with Crippen molar-refractivity contribution in [2.75, 3.05) is 9.80 Å². The van der Waals surface area contributed by atoms with E-state index in [1.807, 2.05) is 12.2 Å². The van der Waals surface area contributed by atoms with Crippen molar-refractivity contribution in [3.63, 3.8) is 0 Å². The van der Waals surface area contributed by atoms with Crippen LogP contribution in [0.4, 0.5) is 28.9 Å². The summed E-state index contributed by atoms with van der Waals surface area (Å²) < 4.78 is 71.5. The van der Waals surface area contributed by atoms with Gasteiger partial charge < -0.3 is 0 Å². The Labute approximate surface area is 356 Å². The third kappa shape index (κ3) is 7.83. The fourth-order valence-corrected chi connectivity index (χ4v) is 18.2. The van der Waals surface area contributed by atoms with Gasteiger partial charge in [0.15, 0.2) is 0 Å². The molecule has 0 radical (unpaired) electrons. The Hall–Kier alpha value is -4.21. The van der Waals surface area contributed by atoms with Crippen molar-refractivity contribution in [1.29, 1.82) is 0 Å². The Kier molecular flexibility index (Phi) is 12.5. The van der Waals surface area contributed by atoms with Crippen LogP contribution < -0.4 is 17.5 Å². The van der Waals surface area contributed by atoms with Gasteiger partial charge in [0.2, 0.25) is 0 Å². The van der Waals surface area contributed by atoms with Gasteiger partial charge in [-0.2, -0.15) is 0 Å². The quantitative estimate of drug-likeness (QED) is 0.118. The molecule has 4 aliphatic rings. The second kappa shape index (κ2) is 17.8. The van der Waals surface area contributed by atoms with Crippen molar-refractivity contribution in [1.82, 2.24) is 0 Å². The van der Waals surface area contributed by atoms with Gasteiger partial charge >= 0.3 is 358 Å². The molecule has 0 bridgehead atoms. The first-order valence-electron chi connectivity index (χ1n) is 20.5. The molecule has 2 amide bonds. The fourth-order valence-electron chi connectivity index (χ4n) is 9.65. The summed E-state index contributed by atoms with van der Waals surface area (Å²) in [6.07, 6.45) is 18.7. The molecule has 2 saturated carbocycles. The van der Waals surface area contributed by atoms with Crippen molar-refractivity contribution in [2.24, 2.45) is 0 Å². The van der Waals surface area contributed by atoms with Gasteiger partial charge in [0.05, 0.1) is 0 Å². The van der Waals surface area contributed by atoms with E-state index in [-0.39, 0.29) is 35.3 Å². The molecule has 11 heteroatoms. The predicted octanol–water partition coefficient (Wildman–Crippen LogP) is 12.3. The molecule has 2 fully saturated rings. The van der Waals surface area contributed by atoms with Crippen LogP contribution in [0.1, 0.15) is 97.8 Å². The molecule has 0 saturated heterocycles. The van der Waals surface area contributed by atoms with Crippen LogP contribution in [0.15, 0.2) is 117 Å². The molecule has 4 aromatic rings. The van der Waals surface area contributed by atoms with Gasteiger partial charge in [-0.3, -0.25) is 0 Å². The Bertz CT molecular complexity index is 2220. The zero-order valence-electron chi connectivity index (χ0n) is 32.5. The molecule has 8 rings (SSSR count). The zero-order valence-corrected chi connectivity index (χ0v) is 35.6. The van der Waals surface area contributed by atoms with E-state index in [1.165, 1.54) is 21.9 Å². The van der Waals surface area contributed by atoms with Gasteiger partial charge in [-0.15, -0.1) is 0 Å². The Balaban J connectivity index is 1.39. The first-order chi connectivity index (χ1) is 28.6. The minimum absolute atomic E-state index is 0.139. The monoisotopic (exact) mass is 874 g/mol. The molecule has 0 aliphatic heterocycles. The fraction of sp³-hybridized carbons (Fsp3) is 0.292. The number of hydrogen-bond acceptors (Lipinski definition) is 2. The predicted molar refractivity (Wildman–Crippen MR) is 226 cm³/mol. The molecular weight excluding hydrogens is 831 g/mol. The van der Waals surface area contributed by atoms with E-state index in [1.54, 1.807) is 72.8 Å². The van der Waals surface area contributed by atoms with Crippen LogP contribution in [0, 0.1) is 23.3 Å². The molecule has 59 heavy (non-hydrogen) atoms. The molecular formula is C48H44Cl2F4N2O2Ti. The normalized spacial score (nSPS) is 17.3. The van der Waals surface area contributed by atoms with E-state index >= 15 is 17.6 Å². The molecule has 304 valence electrons. The number of carbonyl (C=O) groups excluding carboxylic acids is 2. The van der Waals surface area contributed by atoms with Gasteiger partial charge in [-0.05, 0) is 0 Å². The molecule has 0 heterocycles. The number of benzene rings is 4. The molecule has 0 N–H and O–H groups in total. The second-order valence-electron chi connectivity index (χ2n) is 15.9. The van der Waals surface area contributed by atoms with Crippen LogP contribution in [0.3, 0.4) is 0 Å². The molecule has 0 aromatic heterocycles. The summed E-state index contributed by atoms with van der Waals surface area (Å²) in [5.41, 5.74) is 0.281. The number of rotatable bonds is 10. The molecule has 0 atom stereocenters. The third-order valence-electron chi connectivity index (χ3n) is 12.4. The van der Waals surface area contributed by atoms with E-state index in [2.05, 4.69) is 0 Å². The van der Waals surface area contributed by atoms with Gasteiger partial charge in [0.1, 0.15) is 0 Å². The molecule has 4 aromatic carbocycles. The average molecular weight is 876 g/mol. The number of carbonyl (C=O) groups is 2. The van der Waals surface area contributed by atoms with Crippen LogP contribution in [-0.4, -0.2) is 23.9 Å². The summed E-state index contributed by atoms with van der Waals surface area (Å²) in [6.45, 7) is 0. The number of anilines is 2. The molecule has 0 spiro atoms. The average Bonchev–Trinajstić information content (AvgIpc) is 4.00. The van der Waals surface area contributed by atoms with Crippen LogP contribution >= 0.6 is 23.2 Å². The van der Waals surface area contributed by atoms with Crippen molar-refractivity contribution < 1.29 is 43.7 Å². The topological polar surface area (TPSA) is 40.6 Å².